The van der Waals surface area contributed by atoms with Crippen LogP contribution in [0, 0.1) is 0 Å². The van der Waals surface area contributed by atoms with Crippen molar-refractivity contribution in [3.8, 4) is 0 Å². The van der Waals surface area contributed by atoms with Crippen LogP contribution in [0.2, 0.25) is 0 Å². The van der Waals surface area contributed by atoms with Crippen LogP contribution in [0.15, 0.2) is 24.8 Å². The SMILES string of the molecule is C=Cc1cccc2c1CC[C@H](N)C2. The first-order valence-corrected chi connectivity index (χ1v) is 4.80. The zero-order chi connectivity index (χ0) is 9.26. The lowest BCUT2D eigenvalue weighted by Gasteiger charge is -2.22. The number of benzene rings is 1. The smallest absolute Gasteiger partial charge is 0.00825 e. The number of hydrogen-bond acceptors (Lipinski definition) is 1. The summed E-state index contributed by atoms with van der Waals surface area (Å²) in [4.78, 5) is 0. The van der Waals surface area contributed by atoms with Crippen LogP contribution in [0.1, 0.15) is 23.1 Å². The third-order valence-corrected chi connectivity index (χ3v) is 2.78. The van der Waals surface area contributed by atoms with Crippen molar-refractivity contribution in [1.82, 2.24) is 0 Å². The average molecular weight is 173 g/mol. The van der Waals surface area contributed by atoms with Crippen LogP contribution in [0.25, 0.3) is 6.08 Å². The van der Waals surface area contributed by atoms with Crippen molar-refractivity contribution in [3.63, 3.8) is 0 Å². The van der Waals surface area contributed by atoms with E-state index in [0.29, 0.717) is 6.04 Å². The highest BCUT2D eigenvalue weighted by atomic mass is 14.6. The summed E-state index contributed by atoms with van der Waals surface area (Å²) in [7, 11) is 0. The molecule has 0 spiro atoms. The van der Waals surface area contributed by atoms with Gasteiger partial charge in [-0.1, -0.05) is 30.9 Å². The van der Waals surface area contributed by atoms with E-state index in [1.54, 1.807) is 0 Å². The van der Waals surface area contributed by atoms with Gasteiger partial charge >= 0.3 is 0 Å². The maximum absolute atomic E-state index is 5.92. The zero-order valence-electron chi connectivity index (χ0n) is 7.79. The Hall–Kier alpha value is -1.08. The van der Waals surface area contributed by atoms with E-state index in [0.717, 1.165) is 19.3 Å². The third-order valence-electron chi connectivity index (χ3n) is 2.78. The van der Waals surface area contributed by atoms with Gasteiger partial charge < -0.3 is 5.73 Å². The summed E-state index contributed by atoms with van der Waals surface area (Å²) < 4.78 is 0. The van der Waals surface area contributed by atoms with E-state index < -0.39 is 0 Å². The van der Waals surface area contributed by atoms with Crippen LogP contribution in [-0.2, 0) is 12.8 Å². The normalized spacial score (nSPS) is 20.8. The van der Waals surface area contributed by atoms with Gasteiger partial charge in [0.05, 0.1) is 0 Å². The van der Waals surface area contributed by atoms with Gasteiger partial charge in [0.15, 0.2) is 0 Å². The molecule has 0 saturated carbocycles. The molecule has 1 heteroatoms. The van der Waals surface area contributed by atoms with E-state index in [1.165, 1.54) is 16.7 Å². The lowest BCUT2D eigenvalue weighted by molar-refractivity contribution is 0.576. The standard InChI is InChI=1S/C12H15N/c1-2-9-4-3-5-10-8-11(13)6-7-12(9)10/h2-5,11H,1,6-8,13H2/t11-/m0/s1. The molecule has 1 aliphatic rings. The Kier molecular flexibility index (Phi) is 2.19. The first-order chi connectivity index (χ1) is 6.31. The Morgan fingerprint density at radius 1 is 1.46 bits per heavy atom. The van der Waals surface area contributed by atoms with Gasteiger partial charge in [-0.15, -0.1) is 0 Å². The molecule has 0 fully saturated rings. The van der Waals surface area contributed by atoms with Crippen molar-refractivity contribution in [2.24, 2.45) is 5.73 Å². The Bertz CT molecular complexity index is 328. The fourth-order valence-electron chi connectivity index (χ4n) is 2.06. The molecule has 2 rings (SSSR count). The quantitative estimate of drug-likeness (QED) is 0.692. The average Bonchev–Trinajstić information content (AvgIpc) is 2.16. The van der Waals surface area contributed by atoms with E-state index in [9.17, 15) is 0 Å². The molecule has 68 valence electrons. The van der Waals surface area contributed by atoms with Crippen molar-refractivity contribution in [1.29, 1.82) is 0 Å². The molecule has 0 heterocycles. The van der Waals surface area contributed by atoms with Crippen LogP contribution in [0.5, 0.6) is 0 Å². The van der Waals surface area contributed by atoms with Gasteiger partial charge in [-0.3, -0.25) is 0 Å². The number of nitrogens with two attached hydrogens (primary N) is 1. The number of rotatable bonds is 1. The van der Waals surface area contributed by atoms with E-state index in [1.807, 2.05) is 6.08 Å². The predicted molar refractivity (Wildman–Crippen MR) is 56.5 cm³/mol. The molecule has 0 saturated heterocycles. The summed E-state index contributed by atoms with van der Waals surface area (Å²) in [6.45, 7) is 3.83. The van der Waals surface area contributed by atoms with Gasteiger partial charge in [0.2, 0.25) is 0 Å². The fraction of sp³-hybridized carbons (Fsp3) is 0.333. The summed E-state index contributed by atoms with van der Waals surface area (Å²) in [6, 6.07) is 6.75. The Morgan fingerprint density at radius 2 is 2.31 bits per heavy atom. The highest BCUT2D eigenvalue weighted by molar-refractivity contribution is 5.55. The van der Waals surface area contributed by atoms with Gasteiger partial charge in [-0.05, 0) is 36.0 Å². The molecular formula is C12H15N. The second-order valence-electron chi connectivity index (χ2n) is 3.69. The topological polar surface area (TPSA) is 26.0 Å². The molecule has 0 radical (unpaired) electrons. The van der Waals surface area contributed by atoms with Crippen molar-refractivity contribution in [2.45, 2.75) is 25.3 Å². The Balaban J connectivity index is 2.45. The lowest BCUT2D eigenvalue weighted by atomic mass is 9.86. The van der Waals surface area contributed by atoms with Crippen LogP contribution in [-0.4, -0.2) is 6.04 Å². The van der Waals surface area contributed by atoms with E-state index in [-0.39, 0.29) is 0 Å². The highest BCUT2D eigenvalue weighted by Crippen LogP contribution is 2.24. The molecule has 0 aliphatic heterocycles. The molecule has 1 atom stereocenters. The maximum atomic E-state index is 5.92. The van der Waals surface area contributed by atoms with Crippen molar-refractivity contribution in [2.75, 3.05) is 0 Å². The molecule has 0 amide bonds. The molecule has 2 N–H and O–H groups in total. The molecule has 1 aromatic carbocycles. The second-order valence-corrected chi connectivity index (χ2v) is 3.69. The summed E-state index contributed by atoms with van der Waals surface area (Å²) in [5.41, 5.74) is 10.1. The first kappa shape index (κ1) is 8.52. The highest BCUT2D eigenvalue weighted by Gasteiger charge is 2.16. The third kappa shape index (κ3) is 1.52. The van der Waals surface area contributed by atoms with E-state index in [2.05, 4.69) is 24.8 Å². The predicted octanol–water partition coefficient (Wildman–Crippen LogP) is 2.15. The van der Waals surface area contributed by atoms with E-state index >= 15 is 0 Å². The summed E-state index contributed by atoms with van der Waals surface area (Å²) in [5.74, 6) is 0. The first-order valence-electron chi connectivity index (χ1n) is 4.80. The minimum Gasteiger partial charge on any atom is -0.327 e. The minimum atomic E-state index is 0.354. The molecule has 0 bridgehead atoms. The van der Waals surface area contributed by atoms with E-state index in [4.69, 9.17) is 5.73 Å². The Morgan fingerprint density at radius 3 is 3.08 bits per heavy atom. The minimum absolute atomic E-state index is 0.354. The van der Waals surface area contributed by atoms with Crippen LogP contribution in [0.3, 0.4) is 0 Å². The fourth-order valence-corrected chi connectivity index (χ4v) is 2.06. The number of fused-ring (bicyclic) bond motifs is 1. The number of hydrogen-bond donors (Lipinski definition) is 1. The molecule has 0 unspecified atom stereocenters. The lowest BCUT2D eigenvalue weighted by Crippen LogP contribution is -2.28. The Labute approximate surface area is 79.3 Å². The maximum Gasteiger partial charge on any atom is 0.00825 e. The zero-order valence-corrected chi connectivity index (χ0v) is 7.79. The summed E-state index contributed by atoms with van der Waals surface area (Å²) >= 11 is 0. The van der Waals surface area contributed by atoms with Crippen LogP contribution in [0.4, 0.5) is 0 Å². The largest absolute Gasteiger partial charge is 0.327 e. The second kappa shape index (κ2) is 3.35. The summed E-state index contributed by atoms with van der Waals surface area (Å²) in [5, 5.41) is 0. The van der Waals surface area contributed by atoms with Gasteiger partial charge in [-0.25, -0.2) is 0 Å². The van der Waals surface area contributed by atoms with Gasteiger partial charge in [0.1, 0.15) is 0 Å². The van der Waals surface area contributed by atoms with Crippen molar-refractivity contribution in [3.05, 3.63) is 41.5 Å². The monoisotopic (exact) mass is 173 g/mol. The van der Waals surface area contributed by atoms with Gasteiger partial charge in [0.25, 0.3) is 0 Å². The molecule has 13 heavy (non-hydrogen) atoms. The molecule has 1 nitrogen and oxygen atoms in total. The van der Waals surface area contributed by atoms with Crippen molar-refractivity contribution >= 4 is 6.08 Å². The summed E-state index contributed by atoms with van der Waals surface area (Å²) in [6.07, 6.45) is 5.18. The molecular weight excluding hydrogens is 158 g/mol. The van der Waals surface area contributed by atoms with Crippen LogP contribution < -0.4 is 5.73 Å². The molecule has 0 aromatic heterocycles. The van der Waals surface area contributed by atoms with Crippen LogP contribution >= 0.6 is 0 Å². The molecule has 1 aliphatic carbocycles. The van der Waals surface area contributed by atoms with Crippen molar-refractivity contribution < 1.29 is 0 Å². The van der Waals surface area contributed by atoms with Gasteiger partial charge in [-0.2, -0.15) is 0 Å². The van der Waals surface area contributed by atoms with Gasteiger partial charge in [0, 0.05) is 6.04 Å². The molecule has 1 aromatic rings.